The molecule has 27 heavy (non-hydrogen) atoms. The summed E-state index contributed by atoms with van der Waals surface area (Å²) in [6, 6.07) is 10.7. The van der Waals surface area contributed by atoms with Crippen LogP contribution >= 0.6 is 0 Å². The van der Waals surface area contributed by atoms with E-state index in [2.05, 4.69) is 11.1 Å². The van der Waals surface area contributed by atoms with Crippen LogP contribution < -0.4 is 14.4 Å². The number of anilines is 1. The molecule has 0 fully saturated rings. The van der Waals surface area contributed by atoms with E-state index in [0.29, 0.717) is 11.5 Å². The van der Waals surface area contributed by atoms with Crippen LogP contribution in [0.4, 0.5) is 5.69 Å². The Morgan fingerprint density at radius 2 is 1.89 bits per heavy atom. The Morgan fingerprint density at radius 1 is 1.22 bits per heavy atom. The van der Waals surface area contributed by atoms with Gasteiger partial charge in [-0.05, 0) is 25.6 Å². The van der Waals surface area contributed by atoms with Crippen molar-refractivity contribution in [3.8, 4) is 22.8 Å². The zero-order chi connectivity index (χ0) is 19.7. The fourth-order valence-electron chi connectivity index (χ4n) is 2.06. The average molecular weight is 460 g/mol. The minimum Gasteiger partial charge on any atom is -0.540 e. The Kier molecular flexibility index (Phi) is 11.0. The fraction of sp³-hybridized carbons (Fsp3) is 0.300. The van der Waals surface area contributed by atoms with E-state index in [1.54, 1.807) is 26.5 Å². The van der Waals surface area contributed by atoms with Crippen LogP contribution in [0.15, 0.2) is 42.3 Å². The Hall–Kier alpha value is -2.40. The summed E-state index contributed by atoms with van der Waals surface area (Å²) in [5.41, 5.74) is 2.73. The third kappa shape index (κ3) is 8.22. The van der Waals surface area contributed by atoms with E-state index in [-0.39, 0.29) is 31.0 Å². The molecule has 1 N–H and O–H groups in total. The van der Waals surface area contributed by atoms with Gasteiger partial charge in [-0.2, -0.15) is 0 Å². The molecule has 0 spiro atoms. The molecule has 0 unspecified atom stereocenters. The molecule has 0 aliphatic rings. The number of hydrogen-bond donors (Lipinski definition) is 1. The summed E-state index contributed by atoms with van der Waals surface area (Å²) in [4.78, 5) is 16.4. The molecule has 1 heterocycles. The van der Waals surface area contributed by atoms with Crippen LogP contribution in [0.5, 0.6) is 11.5 Å². The van der Waals surface area contributed by atoms with Crippen LogP contribution in [0.1, 0.15) is 13.8 Å². The minimum absolute atomic E-state index is 0. The van der Waals surface area contributed by atoms with E-state index in [1.807, 2.05) is 37.2 Å². The van der Waals surface area contributed by atoms with Crippen molar-refractivity contribution in [2.24, 2.45) is 0 Å². The molecule has 0 bridgehead atoms. The summed E-state index contributed by atoms with van der Waals surface area (Å²) in [6.45, 7) is 2.85. The number of hydrogen-bond acceptors (Lipinski definition) is 6. The minimum atomic E-state index is -0.125. The van der Waals surface area contributed by atoms with Gasteiger partial charge in [-0.25, -0.2) is 0 Å². The summed E-state index contributed by atoms with van der Waals surface area (Å²) < 4.78 is 10.5. The van der Waals surface area contributed by atoms with Crippen molar-refractivity contribution in [1.29, 1.82) is 0 Å². The van der Waals surface area contributed by atoms with Crippen LogP contribution in [0.2, 0.25) is 0 Å². The van der Waals surface area contributed by atoms with Crippen molar-refractivity contribution in [3.63, 3.8) is 0 Å². The maximum absolute atomic E-state index is 10.0. The van der Waals surface area contributed by atoms with E-state index >= 15 is 0 Å². The van der Waals surface area contributed by atoms with Crippen molar-refractivity contribution in [2.75, 3.05) is 33.2 Å². The Balaban J connectivity index is 0.000000728. The number of aliphatic hydroxyl groups excluding tert-OH is 1. The van der Waals surface area contributed by atoms with Crippen LogP contribution in [0.3, 0.4) is 0 Å². The number of aliphatic hydroxyl groups is 1. The van der Waals surface area contributed by atoms with Crippen molar-refractivity contribution < 1.29 is 38.9 Å². The van der Waals surface area contributed by atoms with Gasteiger partial charge in [0.25, 0.3) is 0 Å². The molecule has 2 aromatic rings. The van der Waals surface area contributed by atoms with Crippen molar-refractivity contribution in [2.45, 2.75) is 13.8 Å². The standard InChI is InChI=1S/C15H17N2O2.C5H8O2.Rh/c1-17(2)11-7-8-16-14(9-11)13-6-5-12(18-3)10-15(13)19-4;1-4(6)3-5(2)7;/h5,7-10H,1-4H3;3,6H,1-2H3;/q-1;;/b;4-3-;. The molecule has 1 aromatic heterocycles. The number of carbonyl (C=O) groups is 1. The number of ether oxygens (including phenoxy) is 2. The van der Waals surface area contributed by atoms with Crippen LogP contribution in [-0.2, 0) is 24.3 Å². The van der Waals surface area contributed by atoms with Gasteiger partial charge in [0.1, 0.15) is 0 Å². The number of pyridine rings is 1. The molecule has 0 aliphatic carbocycles. The monoisotopic (exact) mass is 460 g/mol. The first-order valence-electron chi connectivity index (χ1n) is 7.93. The molecule has 1 radical (unpaired) electrons. The van der Waals surface area contributed by atoms with Gasteiger partial charge in [0.05, 0.1) is 20.0 Å². The number of methoxy groups -OCH3 is 2. The molecule has 149 valence electrons. The molecular formula is C20H25N2O4Rh-. The zero-order valence-electron chi connectivity index (χ0n) is 16.4. The Labute approximate surface area is 173 Å². The predicted octanol–water partition coefficient (Wildman–Crippen LogP) is 3.67. The molecule has 0 saturated heterocycles. The molecule has 0 aliphatic heterocycles. The molecule has 6 nitrogen and oxygen atoms in total. The van der Waals surface area contributed by atoms with Gasteiger partial charge >= 0.3 is 0 Å². The second kappa shape index (κ2) is 12.1. The number of ketones is 1. The van der Waals surface area contributed by atoms with E-state index in [9.17, 15) is 4.79 Å². The zero-order valence-corrected chi connectivity index (χ0v) is 18.0. The van der Waals surface area contributed by atoms with Crippen molar-refractivity contribution >= 4 is 11.5 Å². The van der Waals surface area contributed by atoms with Gasteiger partial charge < -0.3 is 24.5 Å². The van der Waals surface area contributed by atoms with Crippen molar-refractivity contribution in [1.82, 2.24) is 4.98 Å². The smallest absolute Gasteiger partial charge is 0.155 e. The first kappa shape index (κ1) is 24.6. The maximum Gasteiger partial charge on any atom is 0.155 e. The Morgan fingerprint density at radius 3 is 2.33 bits per heavy atom. The second-order valence-electron chi connectivity index (χ2n) is 5.67. The van der Waals surface area contributed by atoms with Gasteiger partial charge in [0.2, 0.25) is 0 Å². The van der Waals surface area contributed by atoms with Crippen LogP contribution in [0.25, 0.3) is 11.3 Å². The normalized spacial score (nSPS) is 10.1. The van der Waals surface area contributed by atoms with Crippen LogP contribution in [0, 0.1) is 6.07 Å². The van der Waals surface area contributed by atoms with E-state index in [0.717, 1.165) is 16.9 Å². The molecular weight excluding hydrogens is 435 g/mol. The summed E-state index contributed by atoms with van der Waals surface area (Å²) in [6.07, 6.45) is 2.95. The molecule has 0 saturated carbocycles. The summed E-state index contributed by atoms with van der Waals surface area (Å²) >= 11 is 0. The quantitative estimate of drug-likeness (QED) is 0.318. The van der Waals surface area contributed by atoms with E-state index in [4.69, 9.17) is 14.6 Å². The Bertz CT molecular complexity index is 772. The number of carbonyl (C=O) groups excluding carboxylic acids is 1. The SMILES string of the molecule is CC(=O)/C=C(/C)O.COc1c[c-]c(-c2cc(N(C)C)ccn2)c(OC)c1.[Rh]. The number of benzene rings is 1. The molecule has 0 amide bonds. The average Bonchev–Trinajstić information content (AvgIpc) is 2.60. The summed E-state index contributed by atoms with van der Waals surface area (Å²) in [5, 5.41) is 8.36. The molecule has 2 rings (SSSR count). The number of rotatable bonds is 5. The van der Waals surface area contributed by atoms with Gasteiger partial charge in [-0.3, -0.25) is 4.79 Å². The fourth-order valence-corrected chi connectivity index (χ4v) is 2.06. The number of nitrogens with zero attached hydrogens (tertiary/aromatic N) is 2. The number of allylic oxidation sites excluding steroid dienone is 2. The van der Waals surface area contributed by atoms with Gasteiger partial charge in [-0.15, -0.1) is 12.1 Å². The van der Waals surface area contributed by atoms with Crippen molar-refractivity contribution in [3.05, 3.63) is 48.4 Å². The van der Waals surface area contributed by atoms with Gasteiger partial charge in [-0.1, -0.05) is 17.7 Å². The molecule has 7 heteroatoms. The maximum atomic E-state index is 10.0. The second-order valence-corrected chi connectivity index (χ2v) is 5.67. The topological polar surface area (TPSA) is 71.9 Å². The molecule has 1 aromatic carbocycles. The van der Waals surface area contributed by atoms with E-state index in [1.165, 1.54) is 19.9 Å². The number of aromatic nitrogens is 1. The van der Waals surface area contributed by atoms with Gasteiger partial charge in [0, 0.05) is 63.0 Å². The largest absolute Gasteiger partial charge is 0.540 e. The molecule has 0 atom stereocenters. The predicted molar refractivity (Wildman–Crippen MR) is 103 cm³/mol. The summed E-state index contributed by atoms with van der Waals surface area (Å²) in [7, 11) is 7.23. The third-order valence-corrected chi connectivity index (χ3v) is 3.26. The van der Waals surface area contributed by atoms with E-state index < -0.39 is 0 Å². The first-order chi connectivity index (χ1) is 12.3. The first-order valence-corrected chi connectivity index (χ1v) is 7.93. The van der Waals surface area contributed by atoms with Crippen LogP contribution in [-0.4, -0.2) is 44.2 Å². The van der Waals surface area contributed by atoms with Gasteiger partial charge in [0.15, 0.2) is 5.78 Å². The summed E-state index contributed by atoms with van der Waals surface area (Å²) in [5.74, 6) is 1.35. The third-order valence-electron chi connectivity index (χ3n) is 3.26.